The second-order valence-corrected chi connectivity index (χ2v) is 7.03. The van der Waals surface area contributed by atoms with E-state index in [1.165, 1.54) is 5.01 Å². The first-order valence-corrected chi connectivity index (χ1v) is 9.11. The second kappa shape index (κ2) is 10.9. The Morgan fingerprint density at radius 2 is 2.38 bits per heavy atom. The van der Waals surface area contributed by atoms with Crippen LogP contribution in [-0.2, 0) is 11.2 Å². The number of aliphatic imine (C=N–C) groups is 1. The molecule has 1 aromatic rings. The maximum Gasteiger partial charge on any atom is 0.217 e. The van der Waals surface area contributed by atoms with E-state index >= 15 is 0 Å². The van der Waals surface area contributed by atoms with Gasteiger partial charge in [-0.2, -0.15) is 0 Å². The predicted octanol–water partition coefficient (Wildman–Crippen LogP) is 2.16. The molecule has 0 radical (unpaired) electrons. The summed E-state index contributed by atoms with van der Waals surface area (Å²) in [6.07, 6.45) is 4.64. The van der Waals surface area contributed by atoms with Crippen molar-refractivity contribution in [2.45, 2.75) is 39.0 Å². The molecule has 1 unspecified atom stereocenters. The van der Waals surface area contributed by atoms with Gasteiger partial charge in [-0.05, 0) is 32.1 Å². The third-order valence-corrected chi connectivity index (χ3v) is 5.06. The molecule has 1 atom stereocenters. The monoisotopic (exact) mass is 465 g/mol. The highest BCUT2D eigenvalue weighted by atomic mass is 127. The van der Waals surface area contributed by atoms with Gasteiger partial charge in [0.1, 0.15) is 0 Å². The molecule has 1 fully saturated rings. The van der Waals surface area contributed by atoms with Crippen molar-refractivity contribution < 1.29 is 4.79 Å². The molecule has 2 heterocycles. The third kappa shape index (κ3) is 6.92. The molecule has 0 saturated carbocycles. The summed E-state index contributed by atoms with van der Waals surface area (Å²) < 4.78 is 0. The third-order valence-electron chi connectivity index (χ3n) is 4.04. The molecule has 1 aliphatic rings. The molecular formula is C16H28IN5OS. The molecule has 1 amide bonds. The average Bonchev–Trinajstić information content (AvgIpc) is 2.92. The fourth-order valence-electron chi connectivity index (χ4n) is 3.00. The quantitative estimate of drug-likeness (QED) is 0.292. The van der Waals surface area contributed by atoms with Crippen molar-refractivity contribution >= 4 is 47.2 Å². The minimum atomic E-state index is -0.210. The van der Waals surface area contributed by atoms with Crippen LogP contribution in [0.15, 0.2) is 10.4 Å². The molecule has 2 rings (SSSR count). The lowest BCUT2D eigenvalue weighted by Gasteiger charge is -2.34. The molecule has 0 aromatic carbocycles. The van der Waals surface area contributed by atoms with Gasteiger partial charge in [0.25, 0.3) is 0 Å². The number of guanidine groups is 1. The largest absolute Gasteiger partial charge is 0.370 e. The zero-order valence-electron chi connectivity index (χ0n) is 14.5. The van der Waals surface area contributed by atoms with Gasteiger partial charge in [-0.3, -0.25) is 9.79 Å². The number of amides is 1. The van der Waals surface area contributed by atoms with Crippen LogP contribution in [0.2, 0.25) is 0 Å². The summed E-state index contributed by atoms with van der Waals surface area (Å²) in [6, 6.07) is 0. The molecule has 0 spiro atoms. The van der Waals surface area contributed by atoms with Crippen LogP contribution in [0.25, 0.3) is 0 Å². The van der Waals surface area contributed by atoms with E-state index in [9.17, 15) is 4.79 Å². The Labute approximate surface area is 165 Å². The number of hydrogen-bond donors (Lipinski definition) is 2. The highest BCUT2D eigenvalue weighted by Gasteiger charge is 2.23. The van der Waals surface area contributed by atoms with Crippen LogP contribution in [0.5, 0.6) is 0 Å². The van der Waals surface area contributed by atoms with Gasteiger partial charge >= 0.3 is 0 Å². The molecule has 1 aromatic heterocycles. The minimum absolute atomic E-state index is 0. The van der Waals surface area contributed by atoms with Crippen LogP contribution in [0.1, 0.15) is 36.4 Å². The lowest BCUT2D eigenvalue weighted by atomic mass is 9.95. The SMILES string of the molecule is CN=C(NCCCc1nc(C)cs1)N1CCCC(CC(N)=O)C1.I. The summed E-state index contributed by atoms with van der Waals surface area (Å²) in [7, 11) is 1.81. The molecule has 0 aliphatic carbocycles. The van der Waals surface area contributed by atoms with Crippen LogP contribution in [0.3, 0.4) is 0 Å². The first-order chi connectivity index (χ1) is 11.1. The van der Waals surface area contributed by atoms with Crippen molar-refractivity contribution in [2.24, 2.45) is 16.6 Å². The summed E-state index contributed by atoms with van der Waals surface area (Å²) in [6.45, 7) is 4.75. The second-order valence-electron chi connectivity index (χ2n) is 6.08. The Balaban J connectivity index is 0.00000288. The van der Waals surface area contributed by atoms with Crippen LogP contribution < -0.4 is 11.1 Å². The zero-order chi connectivity index (χ0) is 16.7. The van der Waals surface area contributed by atoms with Crippen molar-refractivity contribution in [1.82, 2.24) is 15.2 Å². The number of hydrogen-bond acceptors (Lipinski definition) is 4. The summed E-state index contributed by atoms with van der Waals surface area (Å²) in [5.41, 5.74) is 6.42. The van der Waals surface area contributed by atoms with Crippen LogP contribution in [0, 0.1) is 12.8 Å². The number of aryl methyl sites for hydroxylation is 2. The van der Waals surface area contributed by atoms with Crippen LogP contribution in [0.4, 0.5) is 0 Å². The van der Waals surface area contributed by atoms with Crippen LogP contribution in [-0.4, -0.2) is 48.4 Å². The number of thiazole rings is 1. The Morgan fingerprint density at radius 3 is 3.00 bits per heavy atom. The standard InChI is InChI=1S/C16H27N5OS.HI/c1-12-11-23-15(20-12)6-3-7-19-16(18-2)21-8-4-5-13(10-21)9-14(17)22;/h11,13H,3-10H2,1-2H3,(H2,17,22)(H,18,19);1H. The van der Waals surface area contributed by atoms with E-state index in [0.29, 0.717) is 12.3 Å². The summed E-state index contributed by atoms with van der Waals surface area (Å²) in [4.78, 5) is 22.2. The van der Waals surface area contributed by atoms with Gasteiger partial charge in [0.05, 0.1) is 5.01 Å². The maximum absolute atomic E-state index is 11.1. The number of carbonyl (C=O) groups is 1. The molecular weight excluding hydrogens is 437 g/mol. The highest BCUT2D eigenvalue weighted by molar-refractivity contribution is 14.0. The number of primary amides is 1. The van der Waals surface area contributed by atoms with Gasteiger partial charge in [-0.1, -0.05) is 0 Å². The number of nitrogens with two attached hydrogens (primary N) is 1. The van der Waals surface area contributed by atoms with E-state index in [0.717, 1.165) is 57.0 Å². The first-order valence-electron chi connectivity index (χ1n) is 8.23. The topological polar surface area (TPSA) is 83.6 Å². The smallest absolute Gasteiger partial charge is 0.217 e. The molecule has 1 saturated heterocycles. The summed E-state index contributed by atoms with van der Waals surface area (Å²) >= 11 is 1.72. The molecule has 1 aliphatic heterocycles. The van der Waals surface area contributed by atoms with Gasteiger partial charge in [0.15, 0.2) is 5.96 Å². The number of halogens is 1. The first kappa shape index (κ1) is 21.1. The molecule has 136 valence electrons. The lowest BCUT2D eigenvalue weighted by molar-refractivity contribution is -0.119. The maximum atomic E-state index is 11.1. The number of rotatable bonds is 6. The molecule has 24 heavy (non-hydrogen) atoms. The van der Waals surface area contributed by atoms with Gasteiger partial charge < -0.3 is 16.0 Å². The lowest BCUT2D eigenvalue weighted by Crippen LogP contribution is -2.47. The number of carbonyl (C=O) groups excluding carboxylic acids is 1. The summed E-state index contributed by atoms with van der Waals surface area (Å²) in [5.74, 6) is 1.06. The number of piperidine rings is 1. The Bertz CT molecular complexity index is 548. The van der Waals surface area contributed by atoms with E-state index in [1.54, 1.807) is 11.3 Å². The van der Waals surface area contributed by atoms with Gasteiger partial charge in [0.2, 0.25) is 5.91 Å². The van der Waals surface area contributed by atoms with E-state index in [1.807, 2.05) is 14.0 Å². The van der Waals surface area contributed by atoms with Crippen molar-refractivity contribution in [3.05, 3.63) is 16.1 Å². The normalized spacial score (nSPS) is 18.2. The van der Waals surface area contributed by atoms with Gasteiger partial charge in [-0.15, -0.1) is 35.3 Å². The molecule has 3 N–H and O–H groups in total. The van der Waals surface area contributed by atoms with E-state index in [-0.39, 0.29) is 29.9 Å². The predicted molar refractivity (Wildman–Crippen MR) is 110 cm³/mol. The Kier molecular flexibility index (Phi) is 9.57. The minimum Gasteiger partial charge on any atom is -0.370 e. The number of nitrogens with one attached hydrogen (secondary N) is 1. The van der Waals surface area contributed by atoms with Crippen molar-refractivity contribution in [2.75, 3.05) is 26.7 Å². The highest BCUT2D eigenvalue weighted by Crippen LogP contribution is 2.19. The Hall–Kier alpha value is -0.900. The van der Waals surface area contributed by atoms with Gasteiger partial charge in [-0.25, -0.2) is 4.98 Å². The van der Waals surface area contributed by atoms with Crippen LogP contribution >= 0.6 is 35.3 Å². The number of aromatic nitrogens is 1. The van der Waals surface area contributed by atoms with Gasteiger partial charge in [0, 0.05) is 50.6 Å². The van der Waals surface area contributed by atoms with Crippen molar-refractivity contribution in [1.29, 1.82) is 0 Å². The summed E-state index contributed by atoms with van der Waals surface area (Å²) in [5, 5.41) is 6.71. The molecule has 0 bridgehead atoms. The number of likely N-dealkylation sites (tertiary alicyclic amines) is 1. The zero-order valence-corrected chi connectivity index (χ0v) is 17.6. The fourth-order valence-corrected chi connectivity index (χ4v) is 3.82. The number of nitrogens with zero attached hydrogens (tertiary/aromatic N) is 3. The Morgan fingerprint density at radius 1 is 1.58 bits per heavy atom. The van der Waals surface area contributed by atoms with Crippen molar-refractivity contribution in [3.8, 4) is 0 Å². The van der Waals surface area contributed by atoms with Crippen molar-refractivity contribution in [3.63, 3.8) is 0 Å². The van der Waals surface area contributed by atoms with E-state index < -0.39 is 0 Å². The molecule has 6 nitrogen and oxygen atoms in total. The van der Waals surface area contributed by atoms with E-state index in [4.69, 9.17) is 5.73 Å². The molecule has 8 heteroatoms. The fraction of sp³-hybridized carbons (Fsp3) is 0.688. The average molecular weight is 465 g/mol. The van der Waals surface area contributed by atoms with E-state index in [2.05, 4.69) is 25.6 Å².